The lowest BCUT2D eigenvalue weighted by molar-refractivity contribution is 0.0413. The molecule has 0 heterocycles. The second-order valence-corrected chi connectivity index (χ2v) is 3.18. The molecule has 0 fully saturated rings. The topological polar surface area (TPSA) is 84.3 Å². The van der Waals surface area contributed by atoms with Gasteiger partial charge in [0.1, 0.15) is 0 Å². The Labute approximate surface area is 68.0 Å². The van der Waals surface area contributed by atoms with Crippen molar-refractivity contribution in [3.8, 4) is 0 Å². The van der Waals surface area contributed by atoms with Crippen molar-refractivity contribution in [2.75, 3.05) is 19.6 Å². The Morgan fingerprint density at radius 3 is 2.27 bits per heavy atom. The molecule has 1 atom stereocenters. The Morgan fingerprint density at radius 1 is 1.45 bits per heavy atom. The fraction of sp³-hybridized carbons (Fsp3) is 1.00. The summed E-state index contributed by atoms with van der Waals surface area (Å²) in [7, 11) is 0. The van der Waals surface area contributed by atoms with Crippen molar-refractivity contribution in [2.45, 2.75) is 25.5 Å². The highest BCUT2D eigenvalue weighted by Crippen LogP contribution is 2.06. The van der Waals surface area contributed by atoms with E-state index in [4.69, 9.17) is 11.5 Å². The molecule has 0 aromatic rings. The van der Waals surface area contributed by atoms with Gasteiger partial charge in [-0.2, -0.15) is 0 Å². The van der Waals surface area contributed by atoms with Crippen LogP contribution in [0.1, 0.15) is 13.8 Å². The summed E-state index contributed by atoms with van der Waals surface area (Å²) in [5.41, 5.74) is 9.95. The van der Waals surface area contributed by atoms with Gasteiger partial charge in [0.25, 0.3) is 0 Å². The maximum absolute atomic E-state index is 9.52. The van der Waals surface area contributed by atoms with E-state index >= 15 is 0 Å². The first kappa shape index (κ1) is 10.8. The summed E-state index contributed by atoms with van der Waals surface area (Å²) in [6.45, 7) is 5.13. The fourth-order valence-corrected chi connectivity index (χ4v) is 0.879. The molecule has 0 aromatic carbocycles. The summed E-state index contributed by atoms with van der Waals surface area (Å²) in [5, 5.41) is 12.6. The van der Waals surface area contributed by atoms with Gasteiger partial charge < -0.3 is 21.9 Å². The molecule has 0 rings (SSSR count). The second-order valence-electron chi connectivity index (χ2n) is 3.18. The lowest BCUT2D eigenvalue weighted by Gasteiger charge is -2.28. The van der Waals surface area contributed by atoms with Crippen LogP contribution in [0.2, 0.25) is 0 Å². The molecular formula is C7H19N3O. The quantitative estimate of drug-likeness (QED) is 0.401. The van der Waals surface area contributed by atoms with Gasteiger partial charge in [0.05, 0.1) is 5.60 Å². The van der Waals surface area contributed by atoms with Crippen LogP contribution in [0, 0.1) is 0 Å². The molecule has 4 nitrogen and oxygen atoms in total. The van der Waals surface area contributed by atoms with Gasteiger partial charge in [0.2, 0.25) is 0 Å². The molecule has 0 saturated heterocycles. The minimum absolute atomic E-state index is 0.0777. The zero-order valence-electron chi connectivity index (χ0n) is 7.30. The van der Waals surface area contributed by atoms with E-state index in [1.165, 1.54) is 0 Å². The number of nitrogens with one attached hydrogen (secondary N) is 1. The van der Waals surface area contributed by atoms with Crippen LogP contribution in [-0.4, -0.2) is 36.4 Å². The van der Waals surface area contributed by atoms with Gasteiger partial charge in [-0.25, -0.2) is 0 Å². The van der Waals surface area contributed by atoms with Crippen LogP contribution in [-0.2, 0) is 0 Å². The number of nitrogens with two attached hydrogens (primary N) is 2. The van der Waals surface area contributed by atoms with E-state index in [0.717, 1.165) is 0 Å². The molecule has 0 aliphatic heterocycles. The monoisotopic (exact) mass is 161 g/mol. The van der Waals surface area contributed by atoms with E-state index in [1.807, 2.05) is 0 Å². The minimum Gasteiger partial charge on any atom is -0.389 e. The van der Waals surface area contributed by atoms with E-state index in [0.29, 0.717) is 19.6 Å². The van der Waals surface area contributed by atoms with E-state index in [9.17, 15) is 5.11 Å². The number of hydrogen-bond donors (Lipinski definition) is 4. The average Bonchev–Trinajstić information content (AvgIpc) is 1.87. The first-order valence-corrected chi connectivity index (χ1v) is 3.88. The van der Waals surface area contributed by atoms with Crippen molar-refractivity contribution < 1.29 is 5.11 Å². The van der Waals surface area contributed by atoms with Gasteiger partial charge in [-0.3, -0.25) is 0 Å². The molecule has 0 aliphatic rings. The molecule has 0 radical (unpaired) electrons. The molecule has 0 saturated carbocycles. The van der Waals surface area contributed by atoms with Gasteiger partial charge in [0, 0.05) is 25.7 Å². The van der Waals surface area contributed by atoms with Crippen molar-refractivity contribution in [2.24, 2.45) is 11.5 Å². The molecule has 0 aliphatic carbocycles. The Morgan fingerprint density at radius 2 is 2.00 bits per heavy atom. The van der Waals surface area contributed by atoms with E-state index < -0.39 is 5.60 Å². The van der Waals surface area contributed by atoms with Gasteiger partial charge in [-0.15, -0.1) is 0 Å². The fourth-order valence-electron chi connectivity index (χ4n) is 0.879. The Balaban J connectivity index is 3.76. The molecule has 0 amide bonds. The number of aliphatic hydroxyl groups is 1. The van der Waals surface area contributed by atoms with E-state index in [-0.39, 0.29) is 6.04 Å². The predicted octanol–water partition coefficient (Wildman–Crippen LogP) is -1.37. The Hall–Kier alpha value is -0.160. The van der Waals surface area contributed by atoms with Crippen molar-refractivity contribution in [3.05, 3.63) is 0 Å². The third-order valence-electron chi connectivity index (χ3n) is 1.62. The Kier molecular flexibility index (Phi) is 4.60. The van der Waals surface area contributed by atoms with Crippen molar-refractivity contribution in [3.63, 3.8) is 0 Å². The summed E-state index contributed by atoms with van der Waals surface area (Å²) in [4.78, 5) is 0. The molecule has 4 heteroatoms. The molecule has 68 valence electrons. The summed E-state index contributed by atoms with van der Waals surface area (Å²) < 4.78 is 0. The second kappa shape index (κ2) is 4.66. The lowest BCUT2D eigenvalue weighted by Crippen LogP contribution is -2.52. The summed E-state index contributed by atoms with van der Waals surface area (Å²) in [6.07, 6.45) is 0. The van der Waals surface area contributed by atoms with Crippen LogP contribution in [0.5, 0.6) is 0 Å². The number of rotatable bonds is 5. The smallest absolute Gasteiger partial charge is 0.0756 e. The van der Waals surface area contributed by atoms with Crippen LogP contribution in [0.3, 0.4) is 0 Å². The van der Waals surface area contributed by atoms with Crippen LogP contribution < -0.4 is 16.8 Å². The van der Waals surface area contributed by atoms with Crippen LogP contribution in [0.25, 0.3) is 0 Å². The average molecular weight is 161 g/mol. The zero-order valence-corrected chi connectivity index (χ0v) is 7.30. The molecule has 6 N–H and O–H groups in total. The van der Waals surface area contributed by atoms with Crippen molar-refractivity contribution >= 4 is 0 Å². The van der Waals surface area contributed by atoms with Gasteiger partial charge in [-0.05, 0) is 13.8 Å². The summed E-state index contributed by atoms with van der Waals surface area (Å²) in [6, 6.07) is -0.0777. The standard InChI is InChI=1S/C7H19N3O/c1-7(2,11)6(5-9)10-4-3-8/h6,10-11H,3-5,8-9H2,1-2H3. The molecule has 0 aromatic heterocycles. The molecule has 0 bridgehead atoms. The van der Waals surface area contributed by atoms with E-state index in [2.05, 4.69) is 5.32 Å². The first-order chi connectivity index (χ1) is 5.02. The zero-order chi connectivity index (χ0) is 8.91. The molecule has 0 spiro atoms. The van der Waals surface area contributed by atoms with Crippen LogP contribution in [0.15, 0.2) is 0 Å². The SMILES string of the molecule is CC(C)(O)C(CN)NCCN. The van der Waals surface area contributed by atoms with Crippen LogP contribution in [0.4, 0.5) is 0 Å². The van der Waals surface area contributed by atoms with E-state index in [1.54, 1.807) is 13.8 Å². The third kappa shape index (κ3) is 4.31. The van der Waals surface area contributed by atoms with Gasteiger partial charge >= 0.3 is 0 Å². The van der Waals surface area contributed by atoms with Crippen molar-refractivity contribution in [1.29, 1.82) is 0 Å². The van der Waals surface area contributed by atoms with Crippen molar-refractivity contribution in [1.82, 2.24) is 5.32 Å². The highest BCUT2D eigenvalue weighted by atomic mass is 16.3. The Bertz CT molecular complexity index is 100. The minimum atomic E-state index is -0.774. The number of hydrogen-bond acceptors (Lipinski definition) is 4. The largest absolute Gasteiger partial charge is 0.389 e. The molecule has 11 heavy (non-hydrogen) atoms. The molecular weight excluding hydrogens is 142 g/mol. The normalized spacial score (nSPS) is 15.0. The maximum Gasteiger partial charge on any atom is 0.0756 e. The van der Waals surface area contributed by atoms with Crippen LogP contribution >= 0.6 is 0 Å². The summed E-state index contributed by atoms with van der Waals surface area (Å²) >= 11 is 0. The van der Waals surface area contributed by atoms with Gasteiger partial charge in [-0.1, -0.05) is 0 Å². The lowest BCUT2D eigenvalue weighted by atomic mass is 9.99. The molecule has 1 unspecified atom stereocenters. The predicted molar refractivity (Wildman–Crippen MR) is 46.2 cm³/mol. The first-order valence-electron chi connectivity index (χ1n) is 3.88. The third-order valence-corrected chi connectivity index (χ3v) is 1.62. The highest BCUT2D eigenvalue weighted by molar-refractivity contribution is 4.84. The van der Waals surface area contributed by atoms with Gasteiger partial charge in [0.15, 0.2) is 0 Å². The maximum atomic E-state index is 9.52. The highest BCUT2D eigenvalue weighted by Gasteiger charge is 2.24. The summed E-state index contributed by atoms with van der Waals surface area (Å²) in [5.74, 6) is 0.